The van der Waals surface area contributed by atoms with E-state index in [2.05, 4.69) is 19.5 Å². The molecule has 3 heterocycles. The number of amides is 1. The zero-order valence-corrected chi connectivity index (χ0v) is 12.1. The Morgan fingerprint density at radius 3 is 2.95 bits per heavy atom. The quantitative estimate of drug-likeness (QED) is 0.858. The van der Waals surface area contributed by atoms with Crippen molar-refractivity contribution in [2.75, 3.05) is 13.1 Å². The van der Waals surface area contributed by atoms with Crippen LogP contribution < -0.4 is 0 Å². The zero-order valence-electron chi connectivity index (χ0n) is 12.1. The van der Waals surface area contributed by atoms with Gasteiger partial charge in [-0.15, -0.1) is 0 Å². The van der Waals surface area contributed by atoms with Crippen LogP contribution in [-0.4, -0.2) is 43.4 Å². The molecule has 2 aromatic rings. The molecule has 0 N–H and O–H groups in total. The van der Waals surface area contributed by atoms with E-state index < -0.39 is 0 Å². The molecule has 0 aromatic carbocycles. The number of likely N-dealkylation sites (tertiary alicyclic amines) is 1. The Kier molecular flexibility index (Phi) is 3.94. The summed E-state index contributed by atoms with van der Waals surface area (Å²) in [5.41, 5.74) is 0.428. The van der Waals surface area contributed by atoms with Gasteiger partial charge >= 0.3 is 0 Å². The monoisotopic (exact) mass is 285 g/mol. The number of nitrogens with zero attached hydrogens (tertiary/aromatic N) is 5. The average Bonchev–Trinajstić information content (AvgIpc) is 2.93. The topological polar surface area (TPSA) is 63.9 Å². The van der Waals surface area contributed by atoms with Crippen molar-refractivity contribution in [1.82, 2.24) is 24.4 Å². The van der Waals surface area contributed by atoms with Crippen LogP contribution in [0.2, 0.25) is 0 Å². The number of carbonyl (C=O) groups excluding carboxylic acids is 1. The summed E-state index contributed by atoms with van der Waals surface area (Å²) < 4.78 is 2.15. The lowest BCUT2D eigenvalue weighted by atomic mass is 9.97. The number of imidazole rings is 1. The largest absolute Gasteiger partial charge is 0.337 e. The van der Waals surface area contributed by atoms with Crippen LogP contribution in [0.4, 0.5) is 0 Å². The Morgan fingerprint density at radius 2 is 2.24 bits per heavy atom. The van der Waals surface area contributed by atoms with Gasteiger partial charge in [0.15, 0.2) is 0 Å². The summed E-state index contributed by atoms with van der Waals surface area (Å²) >= 11 is 0. The lowest BCUT2D eigenvalue weighted by Crippen LogP contribution is -2.41. The molecule has 21 heavy (non-hydrogen) atoms. The molecule has 1 aliphatic heterocycles. The highest BCUT2D eigenvalue weighted by Crippen LogP contribution is 2.20. The molecular formula is C15H19N5O. The highest BCUT2D eigenvalue weighted by atomic mass is 16.2. The summed E-state index contributed by atoms with van der Waals surface area (Å²) in [6, 6.07) is 0. The second-order valence-electron chi connectivity index (χ2n) is 5.48. The number of aryl methyl sites for hydroxylation is 1. The predicted octanol–water partition coefficient (Wildman–Crippen LogP) is 1.53. The van der Waals surface area contributed by atoms with Crippen LogP contribution in [0.3, 0.4) is 0 Å². The first-order valence-corrected chi connectivity index (χ1v) is 7.27. The van der Waals surface area contributed by atoms with E-state index in [1.165, 1.54) is 6.20 Å². The van der Waals surface area contributed by atoms with E-state index in [9.17, 15) is 4.79 Å². The second kappa shape index (κ2) is 6.03. The van der Waals surface area contributed by atoms with E-state index in [1.54, 1.807) is 12.4 Å². The van der Waals surface area contributed by atoms with Crippen LogP contribution in [-0.2, 0) is 6.54 Å². The standard InChI is InChI=1S/C15H19N5O/c1-12-17-6-8-19(12)10-13-3-2-7-20(11-13)15(21)14-9-16-4-5-18-14/h4-6,8-9,13H,2-3,7,10-11H2,1H3. The molecule has 1 fully saturated rings. The predicted molar refractivity (Wildman–Crippen MR) is 77.6 cm³/mol. The van der Waals surface area contributed by atoms with E-state index in [0.29, 0.717) is 11.6 Å². The van der Waals surface area contributed by atoms with Gasteiger partial charge in [-0.2, -0.15) is 0 Å². The first-order valence-electron chi connectivity index (χ1n) is 7.27. The highest BCUT2D eigenvalue weighted by molar-refractivity contribution is 5.92. The van der Waals surface area contributed by atoms with Gasteiger partial charge in [0.1, 0.15) is 11.5 Å². The number of carbonyl (C=O) groups is 1. The molecule has 1 unspecified atom stereocenters. The number of hydrogen-bond donors (Lipinski definition) is 0. The highest BCUT2D eigenvalue weighted by Gasteiger charge is 2.25. The fourth-order valence-corrected chi connectivity index (χ4v) is 2.84. The van der Waals surface area contributed by atoms with Crippen LogP contribution >= 0.6 is 0 Å². The summed E-state index contributed by atoms with van der Waals surface area (Å²) in [5, 5.41) is 0. The summed E-state index contributed by atoms with van der Waals surface area (Å²) in [7, 11) is 0. The van der Waals surface area contributed by atoms with E-state index in [4.69, 9.17) is 0 Å². The Balaban J connectivity index is 1.66. The number of aromatic nitrogens is 4. The zero-order chi connectivity index (χ0) is 14.7. The van der Waals surface area contributed by atoms with E-state index >= 15 is 0 Å². The molecule has 0 saturated carbocycles. The molecule has 1 aliphatic rings. The van der Waals surface area contributed by atoms with Gasteiger partial charge in [0.25, 0.3) is 5.91 Å². The van der Waals surface area contributed by atoms with Gasteiger partial charge in [-0.3, -0.25) is 9.78 Å². The van der Waals surface area contributed by atoms with E-state index in [1.807, 2.05) is 24.2 Å². The van der Waals surface area contributed by atoms with E-state index in [0.717, 1.165) is 38.3 Å². The van der Waals surface area contributed by atoms with Crippen molar-refractivity contribution in [3.8, 4) is 0 Å². The van der Waals surface area contributed by atoms with Crippen molar-refractivity contribution >= 4 is 5.91 Å². The lowest BCUT2D eigenvalue weighted by molar-refractivity contribution is 0.0655. The van der Waals surface area contributed by atoms with Gasteiger partial charge in [0, 0.05) is 44.4 Å². The minimum Gasteiger partial charge on any atom is -0.337 e. The Bertz CT molecular complexity index is 610. The van der Waals surface area contributed by atoms with Crippen LogP contribution in [0, 0.1) is 12.8 Å². The van der Waals surface area contributed by atoms with Gasteiger partial charge in [-0.25, -0.2) is 9.97 Å². The van der Waals surface area contributed by atoms with Gasteiger partial charge in [-0.05, 0) is 25.7 Å². The molecule has 1 amide bonds. The second-order valence-corrected chi connectivity index (χ2v) is 5.48. The fraction of sp³-hybridized carbons (Fsp3) is 0.467. The molecule has 2 aromatic heterocycles. The minimum absolute atomic E-state index is 0.0184. The maximum Gasteiger partial charge on any atom is 0.274 e. The van der Waals surface area contributed by atoms with E-state index in [-0.39, 0.29) is 5.91 Å². The van der Waals surface area contributed by atoms with Crippen molar-refractivity contribution < 1.29 is 4.79 Å². The average molecular weight is 285 g/mol. The smallest absolute Gasteiger partial charge is 0.274 e. The van der Waals surface area contributed by atoms with Crippen LogP contribution in [0.25, 0.3) is 0 Å². The van der Waals surface area contributed by atoms with Crippen molar-refractivity contribution in [2.24, 2.45) is 5.92 Å². The Morgan fingerprint density at radius 1 is 1.33 bits per heavy atom. The summed E-state index contributed by atoms with van der Waals surface area (Å²) in [6.45, 7) is 4.49. The lowest BCUT2D eigenvalue weighted by Gasteiger charge is -2.32. The van der Waals surface area contributed by atoms with Crippen molar-refractivity contribution in [3.63, 3.8) is 0 Å². The first-order chi connectivity index (χ1) is 10.2. The Hall–Kier alpha value is -2.24. The molecule has 6 heteroatoms. The number of rotatable bonds is 3. The molecule has 3 rings (SSSR count). The third-order valence-corrected chi connectivity index (χ3v) is 3.97. The first kappa shape index (κ1) is 13.7. The van der Waals surface area contributed by atoms with Crippen molar-refractivity contribution in [1.29, 1.82) is 0 Å². The SMILES string of the molecule is Cc1nccn1CC1CCCN(C(=O)c2cnccn2)C1. The van der Waals surface area contributed by atoms with Crippen molar-refractivity contribution in [3.05, 3.63) is 42.5 Å². The molecule has 0 bridgehead atoms. The van der Waals surface area contributed by atoms with Gasteiger partial charge < -0.3 is 9.47 Å². The molecule has 110 valence electrons. The number of hydrogen-bond acceptors (Lipinski definition) is 4. The minimum atomic E-state index is -0.0184. The molecule has 0 aliphatic carbocycles. The maximum absolute atomic E-state index is 12.4. The molecular weight excluding hydrogens is 266 g/mol. The fourth-order valence-electron chi connectivity index (χ4n) is 2.84. The Labute approximate surface area is 123 Å². The normalized spacial score (nSPS) is 18.7. The molecule has 1 atom stereocenters. The van der Waals surface area contributed by atoms with Crippen LogP contribution in [0.5, 0.6) is 0 Å². The molecule has 0 radical (unpaired) electrons. The summed E-state index contributed by atoms with van der Waals surface area (Å²) in [5.74, 6) is 1.47. The maximum atomic E-state index is 12.4. The number of piperidine rings is 1. The van der Waals surface area contributed by atoms with Crippen LogP contribution in [0.1, 0.15) is 29.2 Å². The third-order valence-electron chi connectivity index (χ3n) is 3.97. The van der Waals surface area contributed by atoms with Crippen molar-refractivity contribution in [2.45, 2.75) is 26.3 Å². The molecule has 1 saturated heterocycles. The molecule has 0 spiro atoms. The van der Waals surface area contributed by atoms with Gasteiger partial charge in [0.05, 0.1) is 6.20 Å². The van der Waals surface area contributed by atoms with Crippen LogP contribution in [0.15, 0.2) is 31.0 Å². The summed E-state index contributed by atoms with van der Waals surface area (Å²) in [4.78, 5) is 26.6. The van der Waals surface area contributed by atoms with Gasteiger partial charge in [-0.1, -0.05) is 0 Å². The molecule has 6 nitrogen and oxygen atoms in total. The summed E-state index contributed by atoms with van der Waals surface area (Å²) in [6.07, 6.45) is 10.7. The third kappa shape index (κ3) is 3.09. The van der Waals surface area contributed by atoms with Gasteiger partial charge in [0.2, 0.25) is 0 Å².